The molecule has 0 saturated heterocycles. The minimum Gasteiger partial charge on any atom is -0.354 e. The van der Waals surface area contributed by atoms with E-state index in [4.69, 9.17) is 0 Å². The highest BCUT2D eigenvalue weighted by Crippen LogP contribution is 2.38. The summed E-state index contributed by atoms with van der Waals surface area (Å²) >= 11 is 0. The number of nitrogens with one attached hydrogen (secondary N) is 3. The average Bonchev–Trinajstić information content (AvgIpc) is 3.11. The molecule has 0 aromatic heterocycles. The van der Waals surface area contributed by atoms with E-state index in [-0.39, 0.29) is 11.8 Å². The van der Waals surface area contributed by atoms with Gasteiger partial charge in [-0.15, -0.1) is 0 Å². The van der Waals surface area contributed by atoms with Crippen molar-refractivity contribution in [2.75, 3.05) is 24.7 Å². The molecule has 3 aromatic rings. The molecule has 4 rings (SSSR count). The third-order valence-corrected chi connectivity index (χ3v) is 5.46. The van der Waals surface area contributed by atoms with Crippen LogP contribution in [0.15, 0.2) is 66.7 Å². The van der Waals surface area contributed by atoms with E-state index in [9.17, 15) is 14.0 Å². The van der Waals surface area contributed by atoms with Gasteiger partial charge in [0.1, 0.15) is 5.82 Å². The maximum atomic E-state index is 13.8. The molecule has 1 aliphatic rings. The van der Waals surface area contributed by atoms with Crippen molar-refractivity contribution < 1.29 is 14.0 Å². The predicted octanol–water partition coefficient (Wildman–Crippen LogP) is 4.46. The van der Waals surface area contributed by atoms with Crippen LogP contribution in [-0.2, 0) is 22.7 Å². The summed E-state index contributed by atoms with van der Waals surface area (Å²) in [5.41, 5.74) is 5.77. The third kappa shape index (κ3) is 5.32. The predicted molar refractivity (Wildman–Crippen MR) is 133 cm³/mol. The molecule has 174 valence electrons. The summed E-state index contributed by atoms with van der Waals surface area (Å²) in [5.74, 6) is -0.839. The Morgan fingerprint density at radius 3 is 2.47 bits per heavy atom. The summed E-state index contributed by atoms with van der Waals surface area (Å²) in [7, 11) is 4.03. The Kier molecular flexibility index (Phi) is 6.75. The fourth-order valence-electron chi connectivity index (χ4n) is 3.94. The van der Waals surface area contributed by atoms with Gasteiger partial charge >= 0.3 is 0 Å². The highest BCUT2D eigenvalue weighted by Gasteiger charge is 2.29. The van der Waals surface area contributed by atoms with Crippen molar-refractivity contribution in [3.05, 3.63) is 94.8 Å². The van der Waals surface area contributed by atoms with E-state index in [1.165, 1.54) is 24.6 Å². The van der Waals surface area contributed by atoms with E-state index in [1.54, 1.807) is 6.07 Å². The summed E-state index contributed by atoms with van der Waals surface area (Å²) in [6.45, 7) is 2.66. The van der Waals surface area contributed by atoms with Gasteiger partial charge < -0.3 is 20.9 Å². The van der Waals surface area contributed by atoms with Crippen LogP contribution in [0.2, 0.25) is 0 Å². The molecule has 34 heavy (non-hydrogen) atoms. The maximum Gasteiger partial charge on any atom is 0.258 e. The lowest BCUT2D eigenvalue weighted by molar-refractivity contribution is -0.119. The minimum absolute atomic E-state index is 0.119. The molecular weight excluding hydrogens is 431 g/mol. The van der Waals surface area contributed by atoms with Gasteiger partial charge in [-0.2, -0.15) is 0 Å². The van der Waals surface area contributed by atoms with E-state index in [0.29, 0.717) is 29.1 Å². The number of carbonyl (C=O) groups is 2. The van der Waals surface area contributed by atoms with Crippen molar-refractivity contribution in [3.8, 4) is 0 Å². The first kappa shape index (κ1) is 23.2. The molecule has 6 nitrogen and oxygen atoms in total. The molecule has 0 radical (unpaired) electrons. The Morgan fingerprint density at radius 1 is 1.00 bits per heavy atom. The lowest BCUT2D eigenvalue weighted by Gasteiger charge is -2.17. The monoisotopic (exact) mass is 458 g/mol. The third-order valence-electron chi connectivity index (χ3n) is 5.46. The smallest absolute Gasteiger partial charge is 0.258 e. The van der Waals surface area contributed by atoms with Crippen molar-refractivity contribution in [2.45, 2.75) is 20.0 Å². The van der Waals surface area contributed by atoms with Gasteiger partial charge in [0.05, 0.1) is 17.0 Å². The molecule has 0 spiro atoms. The largest absolute Gasteiger partial charge is 0.354 e. The lowest BCUT2D eigenvalue weighted by Crippen LogP contribution is -2.19. The molecule has 3 aromatic carbocycles. The van der Waals surface area contributed by atoms with Crippen molar-refractivity contribution in [2.24, 2.45) is 0 Å². The molecule has 3 N–H and O–H groups in total. The minimum atomic E-state index is -0.413. The number of fused-ring (bicyclic) bond motifs is 1. The number of carbonyl (C=O) groups excluding carboxylic acids is 2. The second-order valence-electron chi connectivity index (χ2n) is 8.56. The number of hydrogen-bond donors (Lipinski definition) is 3. The van der Waals surface area contributed by atoms with Crippen LogP contribution in [0, 0.1) is 5.82 Å². The van der Waals surface area contributed by atoms with Crippen LogP contribution >= 0.6 is 0 Å². The molecule has 0 saturated carbocycles. The van der Waals surface area contributed by atoms with Crippen LogP contribution in [-0.4, -0.2) is 30.8 Å². The van der Waals surface area contributed by atoms with E-state index in [1.807, 2.05) is 62.6 Å². The van der Waals surface area contributed by atoms with Crippen molar-refractivity contribution in [3.63, 3.8) is 0 Å². The van der Waals surface area contributed by atoms with Crippen molar-refractivity contribution in [1.82, 2.24) is 10.2 Å². The molecule has 0 unspecified atom stereocenters. The summed E-state index contributed by atoms with van der Waals surface area (Å²) < 4.78 is 13.8. The Bertz CT molecular complexity index is 1270. The molecule has 0 aliphatic carbocycles. The van der Waals surface area contributed by atoms with E-state index in [2.05, 4.69) is 20.9 Å². The zero-order valence-electron chi connectivity index (χ0n) is 19.4. The summed E-state index contributed by atoms with van der Waals surface area (Å²) in [6.07, 6.45) is 0. The normalized spacial score (nSPS) is 14.0. The lowest BCUT2D eigenvalue weighted by atomic mass is 9.98. The molecule has 7 heteroatoms. The standard InChI is InChI=1S/C27H27FN4O2/c1-17(33)29-15-19-5-4-6-20(13-19)26(30-22-10-7-18(8-11-22)16-32(2)3)25-23-12-9-21(28)14-24(23)31-27(25)34/h4-14,30H,15-16H2,1-3H3,(H,29,33)(H,31,34)/b26-25-. The second-order valence-corrected chi connectivity index (χ2v) is 8.56. The van der Waals surface area contributed by atoms with Crippen molar-refractivity contribution >= 4 is 34.5 Å². The van der Waals surface area contributed by atoms with Crippen LogP contribution in [0.1, 0.15) is 29.2 Å². The van der Waals surface area contributed by atoms with Crippen LogP contribution in [0.3, 0.4) is 0 Å². The van der Waals surface area contributed by atoms with Gasteiger partial charge in [0.25, 0.3) is 5.91 Å². The molecule has 0 fully saturated rings. The molecule has 1 heterocycles. The Labute approximate surface area is 198 Å². The van der Waals surface area contributed by atoms with Crippen LogP contribution in [0.4, 0.5) is 15.8 Å². The summed E-state index contributed by atoms with van der Waals surface area (Å²) in [4.78, 5) is 26.5. The molecule has 0 bridgehead atoms. The Hall–Kier alpha value is -3.97. The molecule has 0 atom stereocenters. The highest BCUT2D eigenvalue weighted by molar-refractivity contribution is 6.37. The van der Waals surface area contributed by atoms with Gasteiger partial charge in [-0.05, 0) is 67.2 Å². The van der Waals surface area contributed by atoms with Gasteiger partial charge in [0.2, 0.25) is 5.91 Å². The Morgan fingerprint density at radius 2 is 1.76 bits per heavy atom. The summed E-state index contributed by atoms with van der Waals surface area (Å²) in [5, 5.41) is 8.99. The van der Waals surface area contributed by atoms with Gasteiger partial charge in [-0.3, -0.25) is 9.59 Å². The first-order valence-corrected chi connectivity index (χ1v) is 11.0. The number of amides is 2. The fourth-order valence-corrected chi connectivity index (χ4v) is 3.94. The molecule has 2 amide bonds. The van der Waals surface area contributed by atoms with Crippen LogP contribution < -0.4 is 16.0 Å². The van der Waals surface area contributed by atoms with E-state index in [0.717, 1.165) is 23.4 Å². The average molecular weight is 459 g/mol. The zero-order valence-corrected chi connectivity index (χ0v) is 19.4. The zero-order chi connectivity index (χ0) is 24.2. The fraction of sp³-hybridized carbons (Fsp3) is 0.185. The number of nitrogens with zero attached hydrogens (tertiary/aromatic N) is 1. The maximum absolute atomic E-state index is 13.8. The summed E-state index contributed by atoms with van der Waals surface area (Å²) in [6, 6.07) is 19.9. The highest BCUT2D eigenvalue weighted by atomic mass is 19.1. The molecule has 1 aliphatic heterocycles. The second kappa shape index (κ2) is 9.89. The number of benzene rings is 3. The quantitative estimate of drug-likeness (QED) is 0.457. The topological polar surface area (TPSA) is 73.5 Å². The SMILES string of the molecule is CC(=O)NCc1cccc(/C(Nc2ccc(CN(C)C)cc2)=C2/C(=O)Nc3cc(F)ccc32)c1. The van der Waals surface area contributed by atoms with Gasteiger partial charge in [-0.1, -0.05) is 30.3 Å². The van der Waals surface area contributed by atoms with E-state index < -0.39 is 5.82 Å². The van der Waals surface area contributed by atoms with Crippen LogP contribution in [0.5, 0.6) is 0 Å². The first-order chi connectivity index (χ1) is 16.3. The molecular formula is C27H27FN4O2. The number of anilines is 2. The first-order valence-electron chi connectivity index (χ1n) is 11.0. The Balaban J connectivity index is 1.78. The van der Waals surface area contributed by atoms with E-state index >= 15 is 0 Å². The number of halogens is 1. The van der Waals surface area contributed by atoms with Gasteiger partial charge in [0, 0.05) is 31.3 Å². The number of hydrogen-bond acceptors (Lipinski definition) is 4. The van der Waals surface area contributed by atoms with Gasteiger partial charge in [-0.25, -0.2) is 4.39 Å². The van der Waals surface area contributed by atoms with Crippen molar-refractivity contribution in [1.29, 1.82) is 0 Å². The number of rotatable bonds is 7. The van der Waals surface area contributed by atoms with Gasteiger partial charge in [0.15, 0.2) is 0 Å². The van der Waals surface area contributed by atoms with Crippen LogP contribution in [0.25, 0.3) is 11.3 Å².